The summed E-state index contributed by atoms with van der Waals surface area (Å²) in [6.07, 6.45) is 7.63. The second-order valence-electron chi connectivity index (χ2n) is 9.27. The largest absolute Gasteiger partial charge is 0.469 e. The van der Waals surface area contributed by atoms with Gasteiger partial charge in [-0.1, -0.05) is 37.6 Å². The van der Waals surface area contributed by atoms with Crippen molar-refractivity contribution in [3.63, 3.8) is 0 Å². The first-order valence-corrected chi connectivity index (χ1v) is 14.1. The van der Waals surface area contributed by atoms with Gasteiger partial charge in [0, 0.05) is 42.6 Å². The van der Waals surface area contributed by atoms with E-state index in [1.165, 1.54) is 14.2 Å². The third-order valence-corrected chi connectivity index (χ3v) is 7.56. The Balaban J connectivity index is 2.11. The van der Waals surface area contributed by atoms with Crippen LogP contribution in [0.2, 0.25) is 0 Å². The van der Waals surface area contributed by atoms with Gasteiger partial charge in [-0.15, -0.1) is 11.8 Å². The van der Waals surface area contributed by atoms with Gasteiger partial charge in [-0.05, 0) is 49.1 Å². The molecule has 0 aromatic heterocycles. The molecule has 210 valence electrons. The predicted octanol–water partition coefficient (Wildman–Crippen LogP) is 4.58. The summed E-state index contributed by atoms with van der Waals surface area (Å²) in [4.78, 5) is 36.2. The van der Waals surface area contributed by atoms with E-state index in [-0.39, 0.29) is 36.8 Å². The van der Waals surface area contributed by atoms with E-state index in [4.69, 9.17) is 9.47 Å². The topological polar surface area (TPSA) is 119 Å². The number of carbonyl (C=O) groups excluding carboxylic acids is 3. The predicted molar refractivity (Wildman–Crippen MR) is 146 cm³/mol. The summed E-state index contributed by atoms with van der Waals surface area (Å²) in [6.45, 7) is 1.80. The summed E-state index contributed by atoms with van der Waals surface area (Å²) < 4.78 is 15.1. The maximum Gasteiger partial charge on any atom is 0.337 e. The molecule has 38 heavy (non-hydrogen) atoms. The number of rotatable bonds is 16. The van der Waals surface area contributed by atoms with Gasteiger partial charge in [0.05, 0.1) is 25.9 Å². The molecule has 1 aliphatic carbocycles. The second kappa shape index (κ2) is 17.1. The lowest BCUT2D eigenvalue weighted by Gasteiger charge is -2.16. The quantitative estimate of drug-likeness (QED) is 0.132. The SMILES string of the molecule is CCCC(=O)OC1=C(SCCCCCC(=O)OC)[C@@H](/C=C/C(CO)Cc2cccc(C(=O)OC)c2)C(O)C1. The molecule has 3 atom stereocenters. The third kappa shape index (κ3) is 10.3. The number of methoxy groups -OCH3 is 2. The molecule has 0 bridgehead atoms. The maximum absolute atomic E-state index is 12.2. The average Bonchev–Trinajstić information content (AvgIpc) is 3.20. The van der Waals surface area contributed by atoms with Gasteiger partial charge in [-0.3, -0.25) is 9.59 Å². The van der Waals surface area contributed by atoms with Crippen LogP contribution in [0.3, 0.4) is 0 Å². The lowest BCUT2D eigenvalue weighted by molar-refractivity contribution is -0.141. The molecule has 0 amide bonds. The van der Waals surface area contributed by atoms with Crippen LogP contribution in [0.1, 0.15) is 67.8 Å². The molecule has 9 heteroatoms. The van der Waals surface area contributed by atoms with Crippen molar-refractivity contribution >= 4 is 29.7 Å². The fourth-order valence-electron chi connectivity index (χ4n) is 4.20. The molecule has 0 fully saturated rings. The highest BCUT2D eigenvalue weighted by molar-refractivity contribution is 8.03. The smallest absolute Gasteiger partial charge is 0.337 e. The van der Waals surface area contributed by atoms with Crippen LogP contribution in [0.4, 0.5) is 0 Å². The second-order valence-corrected chi connectivity index (χ2v) is 10.4. The Labute approximate surface area is 229 Å². The molecule has 1 aromatic rings. The highest BCUT2D eigenvalue weighted by atomic mass is 32.2. The van der Waals surface area contributed by atoms with Crippen molar-refractivity contribution < 1.29 is 38.8 Å². The first-order chi connectivity index (χ1) is 18.3. The van der Waals surface area contributed by atoms with Crippen molar-refractivity contribution in [3.8, 4) is 0 Å². The molecule has 1 aromatic carbocycles. The highest BCUT2D eigenvalue weighted by Crippen LogP contribution is 2.42. The van der Waals surface area contributed by atoms with Gasteiger partial charge in [0.25, 0.3) is 0 Å². The maximum atomic E-state index is 12.2. The van der Waals surface area contributed by atoms with Gasteiger partial charge in [0.15, 0.2) is 0 Å². The van der Waals surface area contributed by atoms with Crippen LogP contribution in [-0.2, 0) is 30.2 Å². The summed E-state index contributed by atoms with van der Waals surface area (Å²) in [5, 5.41) is 20.8. The van der Waals surface area contributed by atoms with Crippen LogP contribution in [0, 0.1) is 11.8 Å². The molecule has 8 nitrogen and oxygen atoms in total. The van der Waals surface area contributed by atoms with Crippen LogP contribution >= 0.6 is 11.8 Å². The minimum absolute atomic E-state index is 0.105. The van der Waals surface area contributed by atoms with E-state index < -0.39 is 12.1 Å². The van der Waals surface area contributed by atoms with Crippen molar-refractivity contribution in [3.05, 3.63) is 58.2 Å². The normalized spacial score (nSPS) is 18.0. The standard InChI is InChI=1S/C29H40O8S/c1-4-9-27(33)37-25-18-24(31)23(28(25)38-15-7-5-6-12-26(32)35-2)14-13-21(19-30)16-20-10-8-11-22(17-20)29(34)36-3/h8,10-11,13-14,17,21,23-24,30-31H,4-7,9,12,15-16,18-19H2,1-3H3/b14-13+/t21?,23-,24?/m0/s1. The molecular weight excluding hydrogens is 508 g/mol. The zero-order chi connectivity index (χ0) is 27.9. The van der Waals surface area contributed by atoms with Crippen molar-refractivity contribution in [2.45, 2.75) is 64.4 Å². The van der Waals surface area contributed by atoms with Gasteiger partial charge in [-0.25, -0.2) is 4.79 Å². The van der Waals surface area contributed by atoms with E-state index >= 15 is 0 Å². The number of thioether (sulfide) groups is 1. The van der Waals surface area contributed by atoms with Crippen LogP contribution in [0.5, 0.6) is 0 Å². The van der Waals surface area contributed by atoms with Crippen molar-refractivity contribution in [1.82, 2.24) is 0 Å². The Kier molecular flexibility index (Phi) is 14.2. The zero-order valence-corrected chi connectivity index (χ0v) is 23.3. The van der Waals surface area contributed by atoms with Gasteiger partial charge in [0.2, 0.25) is 0 Å². The highest BCUT2D eigenvalue weighted by Gasteiger charge is 2.34. The minimum atomic E-state index is -0.737. The number of aliphatic hydroxyl groups is 2. The fourth-order valence-corrected chi connectivity index (χ4v) is 5.49. The molecule has 0 heterocycles. The fraction of sp³-hybridized carbons (Fsp3) is 0.552. The molecular formula is C29H40O8S. The molecule has 0 saturated heterocycles. The number of unbranched alkanes of at least 4 members (excludes halogenated alkanes) is 2. The van der Waals surface area contributed by atoms with E-state index in [0.29, 0.717) is 37.0 Å². The van der Waals surface area contributed by atoms with Crippen molar-refractivity contribution in [2.75, 3.05) is 26.6 Å². The number of benzene rings is 1. The molecule has 2 rings (SSSR count). The summed E-state index contributed by atoms with van der Waals surface area (Å²) in [7, 11) is 2.71. The van der Waals surface area contributed by atoms with E-state index in [2.05, 4.69) is 4.74 Å². The Hall–Kier alpha value is -2.62. The number of aliphatic hydroxyl groups excluding tert-OH is 2. The molecule has 1 aliphatic rings. The molecule has 2 unspecified atom stereocenters. The van der Waals surface area contributed by atoms with Gasteiger partial charge < -0.3 is 24.4 Å². The Morgan fingerprint density at radius 1 is 1.11 bits per heavy atom. The number of hydrogen-bond donors (Lipinski definition) is 2. The van der Waals surface area contributed by atoms with Crippen LogP contribution in [-0.4, -0.2) is 60.8 Å². The average molecular weight is 549 g/mol. The number of esters is 3. The van der Waals surface area contributed by atoms with Crippen LogP contribution in [0.15, 0.2) is 47.1 Å². The summed E-state index contributed by atoms with van der Waals surface area (Å²) in [5.41, 5.74) is 1.33. The zero-order valence-electron chi connectivity index (χ0n) is 22.5. The van der Waals surface area contributed by atoms with E-state index in [1.807, 2.05) is 25.1 Å². The summed E-state index contributed by atoms with van der Waals surface area (Å²) in [5.74, 6) is -0.261. The Morgan fingerprint density at radius 2 is 1.89 bits per heavy atom. The van der Waals surface area contributed by atoms with Crippen LogP contribution in [0.25, 0.3) is 0 Å². The number of carbonyl (C=O) groups is 3. The van der Waals surface area contributed by atoms with Gasteiger partial charge in [-0.2, -0.15) is 0 Å². The lowest BCUT2D eigenvalue weighted by atomic mass is 9.96. The monoisotopic (exact) mass is 548 g/mol. The Morgan fingerprint density at radius 3 is 2.58 bits per heavy atom. The van der Waals surface area contributed by atoms with Crippen molar-refractivity contribution in [1.29, 1.82) is 0 Å². The van der Waals surface area contributed by atoms with Gasteiger partial charge >= 0.3 is 17.9 Å². The molecule has 0 spiro atoms. The molecule has 0 saturated carbocycles. The molecule has 0 radical (unpaired) electrons. The Bertz CT molecular complexity index is 987. The van der Waals surface area contributed by atoms with Gasteiger partial charge in [0.1, 0.15) is 5.76 Å². The summed E-state index contributed by atoms with van der Waals surface area (Å²) in [6, 6.07) is 7.10. The van der Waals surface area contributed by atoms with Crippen LogP contribution < -0.4 is 0 Å². The first kappa shape index (κ1) is 31.6. The third-order valence-electron chi connectivity index (χ3n) is 6.26. The molecule has 0 aliphatic heterocycles. The number of hydrogen-bond acceptors (Lipinski definition) is 9. The van der Waals surface area contributed by atoms with E-state index in [1.54, 1.807) is 30.0 Å². The van der Waals surface area contributed by atoms with E-state index in [9.17, 15) is 24.6 Å². The molecule has 2 N–H and O–H groups in total. The lowest BCUT2D eigenvalue weighted by Crippen LogP contribution is -2.15. The number of ether oxygens (including phenoxy) is 3. The van der Waals surface area contributed by atoms with E-state index in [0.717, 1.165) is 35.5 Å². The first-order valence-electron chi connectivity index (χ1n) is 13.1. The van der Waals surface area contributed by atoms with Crippen molar-refractivity contribution in [2.24, 2.45) is 11.8 Å². The minimum Gasteiger partial charge on any atom is -0.469 e. The summed E-state index contributed by atoms with van der Waals surface area (Å²) >= 11 is 1.56.